The molecule has 3 rings (SSSR count). The molecule has 1 unspecified atom stereocenters. The van der Waals surface area contributed by atoms with Gasteiger partial charge < -0.3 is 15.1 Å². The van der Waals surface area contributed by atoms with E-state index in [9.17, 15) is 9.59 Å². The second-order valence-electron chi connectivity index (χ2n) is 5.87. The lowest BCUT2D eigenvalue weighted by atomic mass is 10.0. The number of pyridine rings is 1. The molecule has 0 aliphatic carbocycles. The molecule has 6 nitrogen and oxygen atoms in total. The van der Waals surface area contributed by atoms with Crippen LogP contribution in [-0.2, 0) is 9.59 Å². The molecule has 2 saturated heterocycles. The summed E-state index contributed by atoms with van der Waals surface area (Å²) >= 11 is 1.54. The van der Waals surface area contributed by atoms with Gasteiger partial charge in [0.05, 0.1) is 12.3 Å². The fraction of sp³-hybridized carbons (Fsp3) is 0.562. The number of amides is 2. The summed E-state index contributed by atoms with van der Waals surface area (Å²) in [5.41, 5.74) is 0. The second-order valence-corrected chi connectivity index (χ2v) is 6.92. The molecule has 2 fully saturated rings. The molecular formula is C16H22N4O2S. The summed E-state index contributed by atoms with van der Waals surface area (Å²) < 4.78 is 0. The third-order valence-electron chi connectivity index (χ3n) is 4.33. The maximum Gasteiger partial charge on any atom is 0.236 e. The van der Waals surface area contributed by atoms with Crippen molar-refractivity contribution in [3.8, 4) is 0 Å². The first-order valence-electron chi connectivity index (χ1n) is 8.05. The van der Waals surface area contributed by atoms with Crippen LogP contribution in [-0.4, -0.2) is 71.1 Å². The largest absolute Gasteiger partial charge is 0.340 e. The molecule has 23 heavy (non-hydrogen) atoms. The van der Waals surface area contributed by atoms with Gasteiger partial charge in [0.15, 0.2) is 0 Å². The smallest absolute Gasteiger partial charge is 0.236 e. The lowest BCUT2D eigenvalue weighted by Gasteiger charge is -2.41. The molecule has 1 aromatic rings. The SMILES string of the molecule is O=C(CSc1ccncc1)N1CCCC(N2CCNCC2=O)C1. The van der Waals surface area contributed by atoms with E-state index in [1.807, 2.05) is 21.9 Å². The van der Waals surface area contributed by atoms with E-state index in [2.05, 4.69) is 10.3 Å². The molecular weight excluding hydrogens is 312 g/mol. The van der Waals surface area contributed by atoms with Gasteiger partial charge >= 0.3 is 0 Å². The van der Waals surface area contributed by atoms with E-state index in [1.165, 1.54) is 11.8 Å². The van der Waals surface area contributed by atoms with Gasteiger partial charge in [0, 0.05) is 49.5 Å². The molecule has 0 bridgehead atoms. The van der Waals surface area contributed by atoms with Gasteiger partial charge in [0.25, 0.3) is 0 Å². The second kappa shape index (κ2) is 7.79. The van der Waals surface area contributed by atoms with Crippen molar-refractivity contribution in [1.82, 2.24) is 20.1 Å². The molecule has 2 aliphatic rings. The summed E-state index contributed by atoms with van der Waals surface area (Å²) in [5, 5.41) is 3.10. The Kier molecular flexibility index (Phi) is 5.51. The molecule has 0 saturated carbocycles. The number of carbonyl (C=O) groups excluding carboxylic acids is 2. The van der Waals surface area contributed by atoms with Gasteiger partial charge in [-0.25, -0.2) is 0 Å². The fourth-order valence-electron chi connectivity index (χ4n) is 3.11. The zero-order valence-electron chi connectivity index (χ0n) is 13.1. The number of hydrogen-bond donors (Lipinski definition) is 1. The Labute approximate surface area is 140 Å². The number of likely N-dealkylation sites (tertiary alicyclic amines) is 1. The lowest BCUT2D eigenvalue weighted by Crippen LogP contribution is -2.57. The van der Waals surface area contributed by atoms with Crippen molar-refractivity contribution in [3.63, 3.8) is 0 Å². The van der Waals surface area contributed by atoms with E-state index >= 15 is 0 Å². The van der Waals surface area contributed by atoms with Gasteiger partial charge in [-0.1, -0.05) is 0 Å². The minimum atomic E-state index is 0.152. The monoisotopic (exact) mass is 334 g/mol. The van der Waals surface area contributed by atoms with Crippen molar-refractivity contribution >= 4 is 23.6 Å². The van der Waals surface area contributed by atoms with Gasteiger partial charge in [0.2, 0.25) is 11.8 Å². The molecule has 1 N–H and O–H groups in total. The van der Waals surface area contributed by atoms with Gasteiger partial charge in [-0.15, -0.1) is 11.8 Å². The molecule has 2 aliphatic heterocycles. The van der Waals surface area contributed by atoms with Gasteiger partial charge in [-0.2, -0.15) is 0 Å². The predicted octanol–water partition coefficient (Wildman–Crippen LogP) is 0.596. The van der Waals surface area contributed by atoms with Crippen LogP contribution in [0.5, 0.6) is 0 Å². The topological polar surface area (TPSA) is 65.5 Å². The number of rotatable bonds is 4. The lowest BCUT2D eigenvalue weighted by molar-refractivity contribution is -0.139. The summed E-state index contributed by atoms with van der Waals surface area (Å²) in [5.74, 6) is 0.743. The van der Waals surface area contributed by atoms with Crippen molar-refractivity contribution < 1.29 is 9.59 Å². The molecule has 1 aromatic heterocycles. The van der Waals surface area contributed by atoms with E-state index in [4.69, 9.17) is 0 Å². The first kappa shape index (κ1) is 16.3. The van der Waals surface area contributed by atoms with Crippen molar-refractivity contribution in [3.05, 3.63) is 24.5 Å². The van der Waals surface area contributed by atoms with Crippen LogP contribution in [0.25, 0.3) is 0 Å². The summed E-state index contributed by atoms with van der Waals surface area (Å²) in [6, 6.07) is 4.00. The molecule has 3 heterocycles. The Morgan fingerprint density at radius 1 is 1.35 bits per heavy atom. The van der Waals surface area contributed by atoms with Crippen molar-refractivity contribution in [2.45, 2.75) is 23.8 Å². The number of hydrogen-bond acceptors (Lipinski definition) is 5. The summed E-state index contributed by atoms with van der Waals surface area (Å²) in [6.07, 6.45) is 5.43. The van der Waals surface area contributed by atoms with E-state index in [-0.39, 0.29) is 17.9 Å². The molecule has 0 aromatic carbocycles. The van der Waals surface area contributed by atoms with Crippen LogP contribution in [0, 0.1) is 0 Å². The van der Waals surface area contributed by atoms with Crippen molar-refractivity contribution in [2.24, 2.45) is 0 Å². The van der Waals surface area contributed by atoms with Crippen LogP contribution in [0.2, 0.25) is 0 Å². The average molecular weight is 334 g/mol. The molecule has 1 atom stereocenters. The van der Waals surface area contributed by atoms with Crippen LogP contribution in [0.1, 0.15) is 12.8 Å². The number of nitrogens with zero attached hydrogens (tertiary/aromatic N) is 3. The third kappa shape index (κ3) is 4.23. The molecule has 0 spiro atoms. The molecule has 7 heteroatoms. The summed E-state index contributed by atoms with van der Waals surface area (Å²) in [6.45, 7) is 3.47. The summed E-state index contributed by atoms with van der Waals surface area (Å²) in [4.78, 5) is 33.4. The maximum absolute atomic E-state index is 12.5. The third-order valence-corrected chi connectivity index (χ3v) is 5.32. The van der Waals surface area contributed by atoms with Crippen LogP contribution in [0.15, 0.2) is 29.4 Å². The van der Waals surface area contributed by atoms with Crippen molar-refractivity contribution in [1.29, 1.82) is 0 Å². The molecule has 124 valence electrons. The Morgan fingerprint density at radius 2 is 2.17 bits per heavy atom. The van der Waals surface area contributed by atoms with E-state index in [1.54, 1.807) is 12.4 Å². The number of nitrogens with one attached hydrogen (secondary N) is 1. The van der Waals surface area contributed by atoms with Crippen LogP contribution in [0.4, 0.5) is 0 Å². The quantitative estimate of drug-likeness (QED) is 0.817. The standard InChI is InChI=1S/C16H22N4O2S/c21-15-10-18-7-9-20(15)13-2-1-8-19(11-13)16(22)12-23-14-3-5-17-6-4-14/h3-6,13,18H,1-2,7-12H2. The number of thioether (sulfide) groups is 1. The highest BCUT2D eigenvalue weighted by atomic mass is 32.2. The molecule has 0 radical (unpaired) electrons. The fourth-order valence-corrected chi connectivity index (χ4v) is 3.90. The van der Waals surface area contributed by atoms with Crippen LogP contribution >= 0.6 is 11.8 Å². The first-order valence-corrected chi connectivity index (χ1v) is 9.03. The van der Waals surface area contributed by atoms with Crippen molar-refractivity contribution in [2.75, 3.05) is 38.5 Å². The minimum Gasteiger partial charge on any atom is -0.340 e. The van der Waals surface area contributed by atoms with Gasteiger partial charge in [0.1, 0.15) is 0 Å². The van der Waals surface area contributed by atoms with Gasteiger partial charge in [-0.05, 0) is 25.0 Å². The highest BCUT2D eigenvalue weighted by Crippen LogP contribution is 2.20. The number of piperidine rings is 1. The number of aromatic nitrogens is 1. The first-order chi connectivity index (χ1) is 11.2. The zero-order valence-corrected chi connectivity index (χ0v) is 13.9. The van der Waals surface area contributed by atoms with E-state index in [0.29, 0.717) is 18.8 Å². The van der Waals surface area contributed by atoms with E-state index < -0.39 is 0 Å². The Balaban J connectivity index is 1.53. The Morgan fingerprint density at radius 3 is 2.96 bits per heavy atom. The summed E-state index contributed by atoms with van der Waals surface area (Å²) in [7, 11) is 0. The predicted molar refractivity (Wildman–Crippen MR) is 89.1 cm³/mol. The van der Waals surface area contributed by atoms with E-state index in [0.717, 1.165) is 37.4 Å². The minimum absolute atomic E-state index is 0.152. The maximum atomic E-state index is 12.5. The number of carbonyl (C=O) groups is 2. The zero-order chi connectivity index (χ0) is 16.1. The van der Waals surface area contributed by atoms with Crippen LogP contribution in [0.3, 0.4) is 0 Å². The average Bonchev–Trinajstić information content (AvgIpc) is 2.61. The molecule has 2 amide bonds. The highest BCUT2D eigenvalue weighted by Gasteiger charge is 2.31. The normalized spacial score (nSPS) is 22.3. The van der Waals surface area contributed by atoms with Gasteiger partial charge in [-0.3, -0.25) is 14.6 Å². The Hall–Kier alpha value is -1.60. The Bertz CT molecular complexity index is 554. The number of piperazine rings is 1. The highest BCUT2D eigenvalue weighted by molar-refractivity contribution is 8.00. The van der Waals surface area contributed by atoms with Crippen LogP contribution < -0.4 is 5.32 Å².